The third-order valence-electron chi connectivity index (χ3n) is 4.45. The summed E-state index contributed by atoms with van der Waals surface area (Å²) in [6, 6.07) is 13.4. The van der Waals surface area contributed by atoms with Gasteiger partial charge in [0.2, 0.25) is 5.91 Å². The number of hydrogen-bond donors (Lipinski definition) is 1. The first kappa shape index (κ1) is 16.2. The standard InChI is InChI=1S/C20H22N2O2/c1-13(2)17-6-4-5-7-18(17)21-20(24)16-8-9-19-15(12-16)10-11-22(19)14(3)23/h4-9,12-13H,10-11H2,1-3H3,(H,21,24). The number of amides is 2. The van der Waals surface area contributed by atoms with Crippen LogP contribution in [0.25, 0.3) is 0 Å². The minimum absolute atomic E-state index is 0.0387. The Morgan fingerprint density at radius 1 is 1.12 bits per heavy atom. The van der Waals surface area contributed by atoms with Gasteiger partial charge in [0.25, 0.3) is 5.91 Å². The first-order valence-electron chi connectivity index (χ1n) is 8.28. The molecular formula is C20H22N2O2. The van der Waals surface area contributed by atoms with Gasteiger partial charge in [0.15, 0.2) is 0 Å². The second-order valence-corrected chi connectivity index (χ2v) is 6.46. The molecule has 1 heterocycles. The van der Waals surface area contributed by atoms with Gasteiger partial charge in [-0.05, 0) is 47.7 Å². The van der Waals surface area contributed by atoms with Gasteiger partial charge in [0, 0.05) is 30.4 Å². The molecule has 0 atom stereocenters. The van der Waals surface area contributed by atoms with E-state index in [1.165, 1.54) is 0 Å². The lowest BCUT2D eigenvalue weighted by atomic mass is 10.0. The molecule has 2 aromatic carbocycles. The molecule has 4 nitrogen and oxygen atoms in total. The lowest BCUT2D eigenvalue weighted by Gasteiger charge is -2.16. The van der Waals surface area contributed by atoms with Gasteiger partial charge in [-0.3, -0.25) is 9.59 Å². The van der Waals surface area contributed by atoms with E-state index < -0.39 is 0 Å². The van der Waals surface area contributed by atoms with E-state index in [2.05, 4.69) is 19.2 Å². The Kier molecular flexibility index (Phi) is 4.38. The Hall–Kier alpha value is -2.62. The smallest absolute Gasteiger partial charge is 0.255 e. The van der Waals surface area contributed by atoms with E-state index >= 15 is 0 Å². The van der Waals surface area contributed by atoms with Crippen LogP contribution in [-0.4, -0.2) is 18.4 Å². The largest absolute Gasteiger partial charge is 0.322 e. The quantitative estimate of drug-likeness (QED) is 0.929. The van der Waals surface area contributed by atoms with Gasteiger partial charge in [0.05, 0.1) is 0 Å². The van der Waals surface area contributed by atoms with Crippen molar-refractivity contribution in [2.24, 2.45) is 0 Å². The zero-order valence-electron chi connectivity index (χ0n) is 14.3. The number of hydrogen-bond acceptors (Lipinski definition) is 2. The number of benzene rings is 2. The highest BCUT2D eigenvalue weighted by molar-refractivity contribution is 6.05. The second kappa shape index (κ2) is 6.48. The Bertz CT molecular complexity index is 796. The van der Waals surface area contributed by atoms with E-state index in [-0.39, 0.29) is 11.8 Å². The molecule has 24 heavy (non-hydrogen) atoms. The SMILES string of the molecule is CC(=O)N1CCc2cc(C(=O)Nc3ccccc3C(C)C)ccc21. The van der Waals surface area contributed by atoms with Gasteiger partial charge in [-0.25, -0.2) is 0 Å². The molecule has 0 spiro atoms. The minimum atomic E-state index is -0.118. The van der Waals surface area contributed by atoms with Crippen LogP contribution >= 0.6 is 0 Å². The lowest BCUT2D eigenvalue weighted by molar-refractivity contribution is -0.116. The molecule has 2 amide bonds. The first-order chi connectivity index (χ1) is 11.5. The average molecular weight is 322 g/mol. The molecule has 0 aliphatic carbocycles. The van der Waals surface area contributed by atoms with Crippen molar-refractivity contribution in [3.8, 4) is 0 Å². The fraction of sp³-hybridized carbons (Fsp3) is 0.300. The van der Waals surface area contributed by atoms with Crippen molar-refractivity contribution in [2.75, 3.05) is 16.8 Å². The Morgan fingerprint density at radius 3 is 2.58 bits per heavy atom. The molecule has 0 saturated heterocycles. The molecule has 3 rings (SSSR count). The second-order valence-electron chi connectivity index (χ2n) is 6.46. The molecule has 0 fully saturated rings. The van der Waals surface area contributed by atoms with E-state index in [0.29, 0.717) is 18.0 Å². The molecule has 0 unspecified atom stereocenters. The molecule has 4 heteroatoms. The van der Waals surface area contributed by atoms with E-state index in [0.717, 1.165) is 28.9 Å². The number of rotatable bonds is 3. The van der Waals surface area contributed by atoms with E-state index in [9.17, 15) is 9.59 Å². The van der Waals surface area contributed by atoms with Crippen molar-refractivity contribution >= 4 is 23.2 Å². The van der Waals surface area contributed by atoms with Crippen LogP contribution in [0.4, 0.5) is 11.4 Å². The zero-order chi connectivity index (χ0) is 17.3. The molecule has 1 aliphatic heterocycles. The molecule has 0 aromatic heterocycles. The third-order valence-corrected chi connectivity index (χ3v) is 4.45. The van der Waals surface area contributed by atoms with Crippen molar-refractivity contribution in [1.82, 2.24) is 0 Å². The summed E-state index contributed by atoms with van der Waals surface area (Å²) in [7, 11) is 0. The summed E-state index contributed by atoms with van der Waals surface area (Å²) < 4.78 is 0. The summed E-state index contributed by atoms with van der Waals surface area (Å²) in [5.41, 5.74) is 4.56. The maximum absolute atomic E-state index is 12.6. The minimum Gasteiger partial charge on any atom is -0.322 e. The van der Waals surface area contributed by atoms with E-state index in [4.69, 9.17) is 0 Å². The fourth-order valence-electron chi connectivity index (χ4n) is 3.18. The maximum atomic E-state index is 12.6. The van der Waals surface area contributed by atoms with Crippen LogP contribution in [0, 0.1) is 0 Å². The van der Waals surface area contributed by atoms with E-state index in [1.807, 2.05) is 36.4 Å². The topological polar surface area (TPSA) is 49.4 Å². The third kappa shape index (κ3) is 3.04. The molecule has 0 bridgehead atoms. The van der Waals surface area contributed by atoms with Crippen LogP contribution in [0.1, 0.15) is 48.2 Å². The molecule has 2 aromatic rings. The first-order valence-corrected chi connectivity index (χ1v) is 8.28. The predicted molar refractivity (Wildman–Crippen MR) is 96.7 cm³/mol. The molecular weight excluding hydrogens is 300 g/mol. The Morgan fingerprint density at radius 2 is 1.88 bits per heavy atom. The van der Waals surface area contributed by atoms with Crippen molar-refractivity contribution in [3.05, 3.63) is 59.2 Å². The molecule has 1 N–H and O–H groups in total. The van der Waals surface area contributed by atoms with Crippen molar-refractivity contribution in [2.45, 2.75) is 33.1 Å². The lowest BCUT2D eigenvalue weighted by Crippen LogP contribution is -2.25. The summed E-state index contributed by atoms with van der Waals surface area (Å²) in [5.74, 6) is 0.259. The van der Waals surface area contributed by atoms with Crippen LogP contribution in [0.15, 0.2) is 42.5 Å². The predicted octanol–water partition coefficient (Wildman–Crippen LogP) is 3.97. The monoisotopic (exact) mass is 322 g/mol. The molecule has 0 radical (unpaired) electrons. The summed E-state index contributed by atoms with van der Waals surface area (Å²) >= 11 is 0. The van der Waals surface area contributed by atoms with Crippen LogP contribution < -0.4 is 10.2 Å². The number of carbonyl (C=O) groups excluding carboxylic acids is 2. The maximum Gasteiger partial charge on any atom is 0.255 e. The summed E-state index contributed by atoms with van der Waals surface area (Å²) in [4.78, 5) is 26.0. The van der Waals surface area contributed by atoms with E-state index in [1.54, 1.807) is 17.9 Å². The summed E-state index contributed by atoms with van der Waals surface area (Å²) in [6.45, 7) is 6.47. The van der Waals surface area contributed by atoms with Gasteiger partial charge in [-0.2, -0.15) is 0 Å². The fourth-order valence-corrected chi connectivity index (χ4v) is 3.18. The number of fused-ring (bicyclic) bond motifs is 1. The summed E-state index contributed by atoms with van der Waals surface area (Å²) in [6.07, 6.45) is 0.790. The van der Waals surface area contributed by atoms with Crippen LogP contribution in [-0.2, 0) is 11.2 Å². The molecule has 0 saturated carbocycles. The number of nitrogens with one attached hydrogen (secondary N) is 1. The van der Waals surface area contributed by atoms with Gasteiger partial charge in [-0.1, -0.05) is 32.0 Å². The number of anilines is 2. The van der Waals surface area contributed by atoms with Crippen LogP contribution in [0.5, 0.6) is 0 Å². The molecule has 124 valence electrons. The molecule has 1 aliphatic rings. The number of nitrogens with zero attached hydrogens (tertiary/aromatic N) is 1. The zero-order valence-corrected chi connectivity index (χ0v) is 14.3. The summed E-state index contributed by atoms with van der Waals surface area (Å²) in [5, 5.41) is 3.01. The van der Waals surface area contributed by atoms with Gasteiger partial charge < -0.3 is 10.2 Å². The van der Waals surface area contributed by atoms with Gasteiger partial charge in [-0.15, -0.1) is 0 Å². The van der Waals surface area contributed by atoms with Crippen molar-refractivity contribution < 1.29 is 9.59 Å². The Balaban J connectivity index is 1.84. The van der Waals surface area contributed by atoms with Crippen LogP contribution in [0.3, 0.4) is 0 Å². The highest BCUT2D eigenvalue weighted by atomic mass is 16.2. The highest BCUT2D eigenvalue weighted by Crippen LogP contribution is 2.30. The van der Waals surface area contributed by atoms with Gasteiger partial charge >= 0.3 is 0 Å². The van der Waals surface area contributed by atoms with Crippen molar-refractivity contribution in [1.29, 1.82) is 0 Å². The average Bonchev–Trinajstić information content (AvgIpc) is 2.98. The van der Waals surface area contributed by atoms with Crippen molar-refractivity contribution in [3.63, 3.8) is 0 Å². The Labute approximate surface area is 142 Å². The number of carbonyl (C=O) groups is 2. The normalized spacial score (nSPS) is 13.1. The van der Waals surface area contributed by atoms with Gasteiger partial charge in [0.1, 0.15) is 0 Å². The van der Waals surface area contributed by atoms with Crippen LogP contribution in [0.2, 0.25) is 0 Å². The highest BCUT2D eigenvalue weighted by Gasteiger charge is 2.23. The number of para-hydroxylation sites is 1.